The number of esters is 2. The Kier molecular flexibility index (Phi) is 10.8. The average molecular weight is 622 g/mol. The summed E-state index contributed by atoms with van der Waals surface area (Å²) in [5.41, 5.74) is 7.08. The molecule has 2 aromatic carbocycles. The SMILES string of the molecule is CC(C)N1C(=O)C(c2ccccc2)N(C(C)CC(=O)OC(=O)C(F)(F)F)C(=O)c2cc(CCCC(S)NC(=N)N)ccc21. The highest BCUT2D eigenvalue weighted by atomic mass is 32.1. The van der Waals surface area contributed by atoms with Crippen LogP contribution in [-0.2, 0) is 25.5 Å². The van der Waals surface area contributed by atoms with Crippen LogP contribution in [0.3, 0.4) is 0 Å². The summed E-state index contributed by atoms with van der Waals surface area (Å²) in [4.78, 5) is 54.8. The summed E-state index contributed by atoms with van der Waals surface area (Å²) >= 11 is 4.35. The molecule has 0 aliphatic carbocycles. The van der Waals surface area contributed by atoms with E-state index in [9.17, 15) is 32.3 Å². The van der Waals surface area contributed by atoms with Crippen molar-refractivity contribution in [3.05, 3.63) is 65.2 Å². The van der Waals surface area contributed by atoms with Gasteiger partial charge >= 0.3 is 18.1 Å². The Hall–Kier alpha value is -4.07. The number of anilines is 1. The van der Waals surface area contributed by atoms with Gasteiger partial charge in [-0.05, 0) is 63.3 Å². The summed E-state index contributed by atoms with van der Waals surface area (Å²) in [7, 11) is 0. The van der Waals surface area contributed by atoms with Crippen LogP contribution in [-0.4, -0.2) is 58.2 Å². The topological polar surface area (TPSA) is 146 Å². The molecule has 43 heavy (non-hydrogen) atoms. The molecule has 3 rings (SSSR count). The van der Waals surface area contributed by atoms with E-state index in [0.29, 0.717) is 30.5 Å². The van der Waals surface area contributed by atoms with Gasteiger partial charge in [0.15, 0.2) is 5.96 Å². The van der Waals surface area contributed by atoms with Crippen LogP contribution in [0.4, 0.5) is 18.9 Å². The number of amides is 2. The average Bonchev–Trinajstić information content (AvgIpc) is 3.00. The van der Waals surface area contributed by atoms with E-state index in [1.807, 2.05) is 0 Å². The minimum Gasteiger partial charge on any atom is -0.386 e. The van der Waals surface area contributed by atoms with Crippen molar-refractivity contribution in [2.45, 2.75) is 76.1 Å². The van der Waals surface area contributed by atoms with E-state index in [1.54, 1.807) is 62.4 Å². The number of hydrogen-bond donors (Lipinski definition) is 4. The predicted octanol–water partition coefficient (Wildman–Crippen LogP) is 4.10. The van der Waals surface area contributed by atoms with Crippen LogP contribution in [0, 0.1) is 5.41 Å². The number of ether oxygens (including phenoxy) is 1. The number of hydrogen-bond acceptors (Lipinski definition) is 7. The molecule has 232 valence electrons. The van der Waals surface area contributed by atoms with Crippen molar-refractivity contribution < 1.29 is 37.1 Å². The highest BCUT2D eigenvalue weighted by molar-refractivity contribution is 7.80. The summed E-state index contributed by atoms with van der Waals surface area (Å²) in [5, 5.41) is 9.67. The summed E-state index contributed by atoms with van der Waals surface area (Å²) in [6.45, 7) is 4.98. The van der Waals surface area contributed by atoms with Gasteiger partial charge in [-0.1, -0.05) is 36.4 Å². The molecule has 0 fully saturated rings. The Labute approximate surface area is 252 Å². The van der Waals surface area contributed by atoms with E-state index in [2.05, 4.69) is 22.7 Å². The molecule has 1 heterocycles. The zero-order valence-corrected chi connectivity index (χ0v) is 24.7. The number of carbonyl (C=O) groups excluding carboxylic acids is 4. The van der Waals surface area contributed by atoms with Crippen LogP contribution >= 0.6 is 12.6 Å². The molecular weight excluding hydrogens is 587 g/mol. The van der Waals surface area contributed by atoms with Crippen LogP contribution in [0.1, 0.15) is 67.6 Å². The summed E-state index contributed by atoms with van der Waals surface area (Å²) in [5.74, 6) is -5.44. The minimum atomic E-state index is -5.37. The number of aryl methyl sites for hydroxylation is 1. The van der Waals surface area contributed by atoms with E-state index >= 15 is 0 Å². The summed E-state index contributed by atoms with van der Waals surface area (Å²) < 4.78 is 42.1. The molecule has 1 aliphatic rings. The Morgan fingerprint density at radius 2 is 1.77 bits per heavy atom. The Morgan fingerprint density at radius 3 is 2.35 bits per heavy atom. The first-order chi connectivity index (χ1) is 20.1. The van der Waals surface area contributed by atoms with Gasteiger partial charge in [-0.25, -0.2) is 4.79 Å². The summed E-state index contributed by atoms with van der Waals surface area (Å²) in [6.07, 6.45) is -4.44. The minimum absolute atomic E-state index is 0.175. The maximum Gasteiger partial charge on any atom is 0.491 e. The molecule has 0 aromatic heterocycles. The number of fused-ring (bicyclic) bond motifs is 1. The van der Waals surface area contributed by atoms with Gasteiger partial charge in [0.25, 0.3) is 11.8 Å². The van der Waals surface area contributed by atoms with E-state index < -0.39 is 48.4 Å². The highest BCUT2D eigenvalue weighted by Gasteiger charge is 2.45. The molecule has 0 saturated heterocycles. The van der Waals surface area contributed by atoms with Gasteiger partial charge in [0.05, 0.1) is 23.0 Å². The molecule has 0 bridgehead atoms. The standard InChI is InChI=1S/C29H34F3N5O5S/c1-16(2)36-21-13-12-18(8-7-11-22(43)35-28(33)34)15-20(21)25(39)37(24(26(36)40)19-9-5-4-6-10-19)17(3)14-23(38)42-27(41)29(30,31)32/h4-6,9-10,12-13,15-17,22,24,43H,7-8,11,14H2,1-3H3,(H4,33,34,35). The molecule has 2 aromatic rings. The first-order valence-corrected chi connectivity index (χ1v) is 14.1. The molecule has 0 spiro atoms. The van der Waals surface area contributed by atoms with Crippen molar-refractivity contribution in [3.8, 4) is 0 Å². The Balaban J connectivity index is 2.03. The molecule has 14 heteroatoms. The number of alkyl halides is 3. The lowest BCUT2D eigenvalue weighted by atomic mass is 10.00. The third kappa shape index (κ3) is 8.27. The second kappa shape index (κ2) is 13.9. The monoisotopic (exact) mass is 621 g/mol. The molecule has 0 radical (unpaired) electrons. The highest BCUT2D eigenvalue weighted by Crippen LogP contribution is 2.38. The molecule has 10 nitrogen and oxygen atoms in total. The van der Waals surface area contributed by atoms with Crippen molar-refractivity contribution in [2.24, 2.45) is 5.73 Å². The van der Waals surface area contributed by atoms with Crippen LogP contribution in [0.15, 0.2) is 48.5 Å². The van der Waals surface area contributed by atoms with Crippen molar-refractivity contribution in [2.75, 3.05) is 4.90 Å². The normalized spacial score (nSPS) is 16.8. The Bertz CT molecular complexity index is 1370. The van der Waals surface area contributed by atoms with Crippen LogP contribution in [0.25, 0.3) is 0 Å². The van der Waals surface area contributed by atoms with E-state index in [-0.39, 0.29) is 22.9 Å². The van der Waals surface area contributed by atoms with Gasteiger partial charge in [-0.2, -0.15) is 25.8 Å². The van der Waals surface area contributed by atoms with E-state index in [4.69, 9.17) is 11.1 Å². The van der Waals surface area contributed by atoms with Gasteiger partial charge < -0.3 is 25.6 Å². The van der Waals surface area contributed by atoms with Gasteiger partial charge in [0.1, 0.15) is 6.04 Å². The molecule has 4 N–H and O–H groups in total. The number of thiol groups is 1. The predicted molar refractivity (Wildman–Crippen MR) is 156 cm³/mol. The number of nitrogens with zero attached hydrogens (tertiary/aromatic N) is 2. The lowest BCUT2D eigenvalue weighted by Crippen LogP contribution is -2.48. The van der Waals surface area contributed by atoms with Crippen molar-refractivity contribution in [1.29, 1.82) is 5.41 Å². The van der Waals surface area contributed by atoms with E-state index in [1.165, 1.54) is 16.7 Å². The fourth-order valence-electron chi connectivity index (χ4n) is 4.97. The number of carbonyl (C=O) groups is 4. The third-order valence-electron chi connectivity index (χ3n) is 6.81. The number of nitrogens with two attached hydrogens (primary N) is 1. The number of benzene rings is 2. The van der Waals surface area contributed by atoms with E-state index in [0.717, 1.165) is 5.56 Å². The van der Waals surface area contributed by atoms with Crippen LogP contribution in [0.2, 0.25) is 0 Å². The number of guanidine groups is 1. The molecule has 2 amide bonds. The fraction of sp³-hybridized carbons (Fsp3) is 0.414. The van der Waals surface area contributed by atoms with Crippen molar-refractivity contribution >= 4 is 48.0 Å². The molecule has 3 unspecified atom stereocenters. The van der Waals surface area contributed by atoms with Gasteiger partial charge in [-0.3, -0.25) is 19.8 Å². The van der Waals surface area contributed by atoms with Crippen LogP contribution < -0.4 is 16.0 Å². The number of halogens is 3. The Morgan fingerprint density at radius 1 is 1.12 bits per heavy atom. The first-order valence-electron chi connectivity index (χ1n) is 13.6. The first kappa shape index (κ1) is 33.4. The molecule has 1 aliphatic heterocycles. The molecular formula is C29H34F3N5O5S. The number of nitrogens with one attached hydrogen (secondary N) is 2. The molecule has 0 saturated carbocycles. The quantitative estimate of drug-likeness (QED) is 0.0781. The second-order valence-electron chi connectivity index (χ2n) is 10.5. The van der Waals surface area contributed by atoms with Gasteiger partial charge in [-0.15, -0.1) is 0 Å². The zero-order valence-electron chi connectivity index (χ0n) is 23.9. The smallest absolute Gasteiger partial charge is 0.386 e. The maximum absolute atomic E-state index is 14.3. The third-order valence-corrected chi connectivity index (χ3v) is 7.19. The molecule has 3 atom stereocenters. The number of rotatable bonds is 10. The summed E-state index contributed by atoms with van der Waals surface area (Å²) in [6, 6.07) is 10.8. The fourth-order valence-corrected chi connectivity index (χ4v) is 5.29. The van der Waals surface area contributed by atoms with Gasteiger partial charge in [0, 0.05) is 12.1 Å². The maximum atomic E-state index is 14.3. The zero-order chi connectivity index (χ0) is 32.1. The van der Waals surface area contributed by atoms with Gasteiger partial charge in [0.2, 0.25) is 0 Å². The van der Waals surface area contributed by atoms with Crippen molar-refractivity contribution in [1.82, 2.24) is 10.2 Å². The lowest BCUT2D eigenvalue weighted by molar-refractivity contribution is -0.202. The second-order valence-corrected chi connectivity index (χ2v) is 11.1. The lowest BCUT2D eigenvalue weighted by Gasteiger charge is -2.36. The largest absolute Gasteiger partial charge is 0.491 e. The van der Waals surface area contributed by atoms with Crippen LogP contribution in [0.5, 0.6) is 0 Å². The van der Waals surface area contributed by atoms with Crippen molar-refractivity contribution in [3.63, 3.8) is 0 Å².